The fourth-order valence-corrected chi connectivity index (χ4v) is 11.4. The Morgan fingerprint density at radius 3 is 1.01 bits per heavy atom. The molecule has 0 unspecified atom stereocenters. The van der Waals surface area contributed by atoms with E-state index >= 15 is 0 Å². The normalized spacial score (nSPS) is 12.2. The number of hydrogen-bond donors (Lipinski definition) is 0. The van der Waals surface area contributed by atoms with Gasteiger partial charge in [-0.25, -0.2) is 0 Å². The van der Waals surface area contributed by atoms with Gasteiger partial charge in [0.15, 0.2) is 0 Å². The molecular formula is C66H38N2O4. The summed E-state index contributed by atoms with van der Waals surface area (Å²) in [6.07, 6.45) is 0. The number of para-hydroxylation sites is 2. The maximum absolute atomic E-state index is 6.77. The first-order valence-electron chi connectivity index (χ1n) is 24.3. The van der Waals surface area contributed by atoms with Gasteiger partial charge in [-0.3, -0.25) is 0 Å². The van der Waals surface area contributed by atoms with Crippen LogP contribution in [0.25, 0.3) is 120 Å². The Kier molecular flexibility index (Phi) is 8.07. The summed E-state index contributed by atoms with van der Waals surface area (Å²) in [5.41, 5.74) is 12.7. The van der Waals surface area contributed by atoms with Crippen LogP contribution in [0.3, 0.4) is 0 Å². The van der Waals surface area contributed by atoms with Crippen LogP contribution in [-0.4, -0.2) is 0 Å². The molecule has 12 aromatic carbocycles. The van der Waals surface area contributed by atoms with E-state index in [1.165, 1.54) is 10.8 Å². The van der Waals surface area contributed by atoms with E-state index in [9.17, 15) is 0 Å². The Bertz CT molecular complexity index is 4580. The quantitative estimate of drug-likeness (QED) is 0.166. The average molecular weight is 923 g/mol. The average Bonchev–Trinajstić information content (AvgIpc) is 4.18. The lowest BCUT2D eigenvalue weighted by atomic mass is 10.0. The zero-order valence-corrected chi connectivity index (χ0v) is 38.5. The zero-order chi connectivity index (χ0) is 47.0. The van der Waals surface area contributed by atoms with Crippen LogP contribution in [0.5, 0.6) is 0 Å². The van der Waals surface area contributed by atoms with Gasteiger partial charge in [0.1, 0.15) is 44.7 Å². The Hall–Kier alpha value is -9.78. The molecule has 6 heteroatoms. The van der Waals surface area contributed by atoms with Crippen molar-refractivity contribution in [3.8, 4) is 0 Å². The van der Waals surface area contributed by atoms with Crippen LogP contribution in [0, 0.1) is 0 Å². The van der Waals surface area contributed by atoms with Gasteiger partial charge in [0.05, 0.1) is 22.1 Å². The van der Waals surface area contributed by atoms with Crippen molar-refractivity contribution in [3.63, 3.8) is 0 Å². The first kappa shape index (κ1) is 39.1. The number of anilines is 6. The van der Waals surface area contributed by atoms with Crippen molar-refractivity contribution >= 4 is 154 Å². The zero-order valence-electron chi connectivity index (χ0n) is 38.5. The summed E-state index contributed by atoms with van der Waals surface area (Å²) in [4.78, 5) is 4.62. The van der Waals surface area contributed by atoms with E-state index in [0.717, 1.165) is 143 Å². The number of nitrogens with zero attached hydrogens (tertiary/aromatic N) is 2. The number of benzene rings is 12. The van der Waals surface area contributed by atoms with Crippen molar-refractivity contribution in [3.05, 3.63) is 231 Å². The molecule has 0 spiro atoms. The van der Waals surface area contributed by atoms with Gasteiger partial charge in [0.25, 0.3) is 0 Å². The molecule has 0 aliphatic carbocycles. The van der Waals surface area contributed by atoms with Crippen LogP contribution >= 0.6 is 0 Å². The fourth-order valence-electron chi connectivity index (χ4n) is 11.4. The molecule has 16 rings (SSSR count). The van der Waals surface area contributed by atoms with E-state index in [0.29, 0.717) is 0 Å². The summed E-state index contributed by atoms with van der Waals surface area (Å²) < 4.78 is 26.8. The third-order valence-corrected chi connectivity index (χ3v) is 14.7. The summed E-state index contributed by atoms with van der Waals surface area (Å²) in [6, 6.07) is 81.3. The van der Waals surface area contributed by atoms with Crippen molar-refractivity contribution in [2.45, 2.75) is 0 Å². The molecule has 0 fully saturated rings. The topological polar surface area (TPSA) is 59.0 Å². The molecule has 336 valence electrons. The monoisotopic (exact) mass is 922 g/mol. The van der Waals surface area contributed by atoms with Crippen LogP contribution in [0.2, 0.25) is 0 Å². The molecular weight excluding hydrogens is 885 g/mol. The molecule has 0 amide bonds. The summed E-state index contributed by atoms with van der Waals surface area (Å²) in [7, 11) is 0. The molecule has 0 bridgehead atoms. The predicted octanol–water partition coefficient (Wildman–Crippen LogP) is 19.7. The third kappa shape index (κ3) is 5.84. The highest BCUT2D eigenvalue weighted by Gasteiger charge is 2.24. The Morgan fingerprint density at radius 1 is 0.208 bits per heavy atom. The van der Waals surface area contributed by atoms with Crippen molar-refractivity contribution in [1.29, 1.82) is 0 Å². The highest BCUT2D eigenvalue weighted by molar-refractivity contribution is 6.21. The van der Waals surface area contributed by atoms with Crippen molar-refractivity contribution < 1.29 is 17.7 Å². The molecule has 0 N–H and O–H groups in total. The van der Waals surface area contributed by atoms with E-state index in [-0.39, 0.29) is 0 Å². The summed E-state index contributed by atoms with van der Waals surface area (Å²) in [6.45, 7) is 0. The highest BCUT2D eigenvalue weighted by Crippen LogP contribution is 2.48. The summed E-state index contributed by atoms with van der Waals surface area (Å²) in [5.74, 6) is 0. The molecule has 0 atom stereocenters. The lowest BCUT2D eigenvalue weighted by Crippen LogP contribution is -2.10. The summed E-state index contributed by atoms with van der Waals surface area (Å²) in [5, 5.41) is 15.3. The van der Waals surface area contributed by atoms with Crippen molar-refractivity contribution in [1.82, 2.24) is 0 Å². The Labute approximate surface area is 410 Å². The third-order valence-electron chi connectivity index (χ3n) is 14.7. The lowest BCUT2D eigenvalue weighted by molar-refractivity contribution is 0.668. The number of furan rings is 4. The number of fused-ring (bicyclic) bond motifs is 15. The molecule has 6 nitrogen and oxygen atoms in total. The van der Waals surface area contributed by atoms with Crippen molar-refractivity contribution in [2.75, 3.05) is 9.80 Å². The van der Waals surface area contributed by atoms with E-state index in [1.54, 1.807) is 0 Å². The molecule has 72 heavy (non-hydrogen) atoms. The largest absolute Gasteiger partial charge is 0.456 e. The molecule has 0 saturated carbocycles. The second-order valence-electron chi connectivity index (χ2n) is 18.8. The van der Waals surface area contributed by atoms with Gasteiger partial charge >= 0.3 is 0 Å². The highest BCUT2D eigenvalue weighted by atomic mass is 16.3. The second-order valence-corrected chi connectivity index (χ2v) is 18.8. The van der Waals surface area contributed by atoms with Gasteiger partial charge < -0.3 is 27.5 Å². The first-order valence-corrected chi connectivity index (χ1v) is 24.3. The second kappa shape index (κ2) is 14.9. The smallest absolute Gasteiger partial charge is 0.137 e. The van der Waals surface area contributed by atoms with E-state index in [1.807, 2.05) is 0 Å². The molecule has 0 radical (unpaired) electrons. The van der Waals surface area contributed by atoms with Gasteiger partial charge in [-0.05, 0) is 154 Å². The molecule has 4 aromatic heterocycles. The van der Waals surface area contributed by atoms with Crippen molar-refractivity contribution in [2.24, 2.45) is 0 Å². The number of rotatable bonds is 6. The minimum absolute atomic E-state index is 0.804. The standard InChI is InChI=1S/C66H38N2O4/c1-3-17-45(18-4-1)67(47-25-27-49-51-29-39-13-7-9-15-41(39)33-59(51)71-63(49)37-47)55-21-11-23-57-65(55)53-31-43-32-54-62(36-44(43)35-61(53)69-57)70-58-24-12-22-56(66(54)58)68(46-19-5-2-6-20-46)48-26-28-50-52-30-40-14-8-10-16-42(40)34-60(52)72-64(50)38-48/h1-38H. The molecule has 0 saturated heterocycles. The maximum atomic E-state index is 6.77. The summed E-state index contributed by atoms with van der Waals surface area (Å²) >= 11 is 0. The molecule has 0 aliphatic heterocycles. The van der Waals surface area contributed by atoms with E-state index in [2.05, 4.69) is 240 Å². The van der Waals surface area contributed by atoms with Gasteiger partial charge in [-0.1, -0.05) is 97.1 Å². The SMILES string of the molecule is c1ccc(N(c2ccc3c(c2)oc2cc4ccccc4cc23)c2cccc3oc4cc5cc6oc7cccc(N(c8ccccc8)c8ccc9c(c8)oc8cc%10ccccc%10cc89)c7c6cc5cc4c23)cc1. The van der Waals surface area contributed by atoms with Gasteiger partial charge in [-0.2, -0.15) is 0 Å². The van der Waals surface area contributed by atoms with Gasteiger partial charge in [0.2, 0.25) is 0 Å². The fraction of sp³-hybridized carbons (Fsp3) is 0. The molecule has 4 heterocycles. The van der Waals surface area contributed by atoms with Crippen LogP contribution in [0.1, 0.15) is 0 Å². The minimum Gasteiger partial charge on any atom is -0.456 e. The number of hydrogen-bond acceptors (Lipinski definition) is 6. The molecule has 16 aromatic rings. The predicted molar refractivity (Wildman–Crippen MR) is 297 cm³/mol. The Balaban J connectivity index is 0.873. The van der Waals surface area contributed by atoms with E-state index in [4.69, 9.17) is 17.7 Å². The van der Waals surface area contributed by atoms with E-state index < -0.39 is 0 Å². The molecule has 0 aliphatic rings. The Morgan fingerprint density at radius 2 is 0.556 bits per heavy atom. The van der Waals surface area contributed by atoms with Crippen LogP contribution < -0.4 is 9.80 Å². The minimum atomic E-state index is 0.804. The van der Waals surface area contributed by atoms with Crippen LogP contribution in [-0.2, 0) is 0 Å². The maximum Gasteiger partial charge on any atom is 0.137 e. The van der Waals surface area contributed by atoms with Crippen LogP contribution in [0.15, 0.2) is 248 Å². The van der Waals surface area contributed by atoms with Crippen LogP contribution in [0.4, 0.5) is 34.1 Å². The van der Waals surface area contributed by atoms with Gasteiger partial charge in [0, 0.05) is 67.2 Å². The lowest BCUT2D eigenvalue weighted by Gasteiger charge is -2.26. The first-order chi connectivity index (χ1) is 35.6. The van der Waals surface area contributed by atoms with Gasteiger partial charge in [-0.15, -0.1) is 0 Å².